The van der Waals surface area contributed by atoms with Gasteiger partial charge in [0.2, 0.25) is 0 Å². The monoisotopic (exact) mass is 233 g/mol. The summed E-state index contributed by atoms with van der Waals surface area (Å²) < 4.78 is 2.54. The summed E-state index contributed by atoms with van der Waals surface area (Å²) in [5, 5.41) is 2.50. The van der Waals surface area contributed by atoms with E-state index in [1.165, 1.54) is 29.9 Å². The van der Waals surface area contributed by atoms with Gasteiger partial charge >= 0.3 is 0 Å². The van der Waals surface area contributed by atoms with Gasteiger partial charge in [-0.2, -0.15) is 0 Å². The molecule has 0 fully saturated rings. The molecule has 0 radical (unpaired) electrons. The summed E-state index contributed by atoms with van der Waals surface area (Å²) >= 11 is 3.60. The maximum absolute atomic E-state index is 6.20. The Balaban J connectivity index is 2.56. The Morgan fingerprint density at radius 1 is 1.00 bits per heavy atom. The lowest BCUT2D eigenvalue weighted by Crippen LogP contribution is -1.84. The van der Waals surface area contributed by atoms with Gasteiger partial charge in [-0.1, -0.05) is 0 Å². The van der Waals surface area contributed by atoms with Crippen LogP contribution in [0.5, 0.6) is 0 Å². The topological polar surface area (TPSA) is 26.0 Å². The van der Waals surface area contributed by atoms with Gasteiger partial charge in [-0.15, -0.1) is 22.7 Å². The van der Waals surface area contributed by atoms with Crippen molar-refractivity contribution in [1.82, 2.24) is 0 Å². The largest absolute Gasteiger partial charge is 0.397 e. The highest BCUT2D eigenvalue weighted by atomic mass is 32.1. The van der Waals surface area contributed by atoms with E-state index >= 15 is 0 Å². The molecule has 0 aliphatic heterocycles. The molecule has 2 aromatic heterocycles. The van der Waals surface area contributed by atoms with Gasteiger partial charge in [0.25, 0.3) is 0 Å². The molecule has 0 aliphatic rings. The number of nitrogen functional groups attached to an aromatic ring is 1. The van der Waals surface area contributed by atoms with E-state index in [0.29, 0.717) is 0 Å². The molecule has 76 valence electrons. The van der Waals surface area contributed by atoms with Crippen LogP contribution in [-0.2, 0) is 0 Å². The van der Waals surface area contributed by atoms with Crippen LogP contribution in [0.4, 0.5) is 5.69 Å². The highest BCUT2D eigenvalue weighted by molar-refractivity contribution is 7.21. The lowest BCUT2D eigenvalue weighted by atomic mass is 10.1. The van der Waals surface area contributed by atoms with Gasteiger partial charge < -0.3 is 5.73 Å². The second-order valence-electron chi connectivity index (χ2n) is 3.83. The van der Waals surface area contributed by atoms with Crippen LogP contribution in [0.25, 0.3) is 20.2 Å². The van der Waals surface area contributed by atoms with Crippen LogP contribution in [0, 0.1) is 13.8 Å². The van der Waals surface area contributed by atoms with Gasteiger partial charge in [0.1, 0.15) is 0 Å². The molecule has 0 bridgehead atoms. The van der Waals surface area contributed by atoms with Crippen molar-refractivity contribution in [3.05, 3.63) is 28.0 Å². The average Bonchev–Trinajstić information content (AvgIpc) is 2.69. The molecule has 15 heavy (non-hydrogen) atoms. The summed E-state index contributed by atoms with van der Waals surface area (Å²) in [5.74, 6) is 0. The van der Waals surface area contributed by atoms with Crippen LogP contribution in [0.2, 0.25) is 0 Å². The summed E-state index contributed by atoms with van der Waals surface area (Å²) in [6.07, 6.45) is 0. The van der Waals surface area contributed by atoms with Gasteiger partial charge in [0.05, 0.1) is 10.4 Å². The molecule has 2 N–H and O–H groups in total. The van der Waals surface area contributed by atoms with Crippen molar-refractivity contribution >= 4 is 48.5 Å². The standard InChI is InChI=1S/C12H11NS2/c1-6-3-8-5-10-9(4-7(2)14-10)11(13)12(8)15-6/h3-5H,13H2,1-2H3. The molecular formula is C12H11NS2. The predicted octanol–water partition coefficient (Wildman–Crippen LogP) is 4.32. The minimum atomic E-state index is 0.949. The number of anilines is 1. The highest BCUT2D eigenvalue weighted by Crippen LogP contribution is 2.39. The number of nitrogens with two attached hydrogens (primary N) is 1. The zero-order valence-corrected chi connectivity index (χ0v) is 10.3. The quantitative estimate of drug-likeness (QED) is 0.575. The van der Waals surface area contributed by atoms with E-state index in [0.717, 1.165) is 5.69 Å². The highest BCUT2D eigenvalue weighted by Gasteiger charge is 2.09. The van der Waals surface area contributed by atoms with Crippen molar-refractivity contribution in [3.8, 4) is 0 Å². The Hall–Kier alpha value is -1.06. The summed E-state index contributed by atoms with van der Waals surface area (Å²) in [6, 6.07) is 6.65. The van der Waals surface area contributed by atoms with Crippen LogP contribution < -0.4 is 5.73 Å². The number of hydrogen-bond donors (Lipinski definition) is 1. The first-order chi connectivity index (χ1) is 7.15. The fourth-order valence-electron chi connectivity index (χ4n) is 1.97. The fraction of sp³-hybridized carbons (Fsp3) is 0.167. The van der Waals surface area contributed by atoms with E-state index in [4.69, 9.17) is 5.73 Å². The second-order valence-corrected chi connectivity index (χ2v) is 6.38. The predicted molar refractivity (Wildman–Crippen MR) is 71.1 cm³/mol. The molecule has 0 saturated carbocycles. The summed E-state index contributed by atoms with van der Waals surface area (Å²) in [6.45, 7) is 4.26. The number of benzene rings is 1. The zero-order chi connectivity index (χ0) is 10.6. The van der Waals surface area contributed by atoms with Gasteiger partial charge in [0.15, 0.2) is 0 Å². The maximum atomic E-state index is 6.20. The number of rotatable bonds is 0. The SMILES string of the molecule is Cc1cc2c(N)c3sc(C)cc3cc2s1. The normalized spacial score (nSPS) is 11.6. The molecule has 0 unspecified atom stereocenters. The molecule has 3 aromatic rings. The van der Waals surface area contributed by atoms with Crippen molar-refractivity contribution in [2.45, 2.75) is 13.8 Å². The Bertz CT molecular complexity index is 606. The number of aryl methyl sites for hydroxylation is 2. The number of hydrogen-bond acceptors (Lipinski definition) is 3. The van der Waals surface area contributed by atoms with Crippen LogP contribution in [0.1, 0.15) is 9.75 Å². The van der Waals surface area contributed by atoms with E-state index in [1.54, 1.807) is 11.3 Å². The molecule has 0 aliphatic carbocycles. The van der Waals surface area contributed by atoms with Crippen molar-refractivity contribution < 1.29 is 0 Å². The molecule has 1 nitrogen and oxygen atoms in total. The van der Waals surface area contributed by atoms with Gasteiger partial charge in [-0.25, -0.2) is 0 Å². The smallest absolute Gasteiger partial charge is 0.0583 e. The maximum Gasteiger partial charge on any atom is 0.0583 e. The van der Waals surface area contributed by atoms with E-state index in [1.807, 2.05) is 11.3 Å². The molecule has 0 spiro atoms. The molecule has 3 rings (SSSR count). The van der Waals surface area contributed by atoms with E-state index in [-0.39, 0.29) is 0 Å². The first kappa shape index (κ1) is 9.19. The summed E-state index contributed by atoms with van der Waals surface area (Å²) in [4.78, 5) is 2.65. The number of thiophene rings is 2. The minimum Gasteiger partial charge on any atom is -0.397 e. The Labute approximate surface area is 96.1 Å². The molecule has 2 heterocycles. The molecule has 3 heteroatoms. The van der Waals surface area contributed by atoms with E-state index in [9.17, 15) is 0 Å². The van der Waals surface area contributed by atoms with Crippen molar-refractivity contribution in [3.63, 3.8) is 0 Å². The van der Waals surface area contributed by atoms with Gasteiger partial charge in [0, 0.05) is 19.8 Å². The van der Waals surface area contributed by atoms with Crippen LogP contribution in [0.15, 0.2) is 18.2 Å². The number of fused-ring (bicyclic) bond motifs is 2. The third kappa shape index (κ3) is 1.27. The first-order valence-electron chi connectivity index (χ1n) is 4.84. The van der Waals surface area contributed by atoms with E-state index in [2.05, 4.69) is 32.0 Å². The second kappa shape index (κ2) is 2.97. The summed E-state index contributed by atoms with van der Waals surface area (Å²) in [7, 11) is 0. The summed E-state index contributed by atoms with van der Waals surface area (Å²) in [5.41, 5.74) is 7.15. The molecular weight excluding hydrogens is 222 g/mol. The van der Waals surface area contributed by atoms with Crippen LogP contribution >= 0.6 is 22.7 Å². The first-order valence-corrected chi connectivity index (χ1v) is 6.47. The lowest BCUT2D eigenvalue weighted by Gasteiger charge is -1.97. The van der Waals surface area contributed by atoms with Gasteiger partial charge in [-0.3, -0.25) is 0 Å². The Morgan fingerprint density at radius 2 is 1.73 bits per heavy atom. The Morgan fingerprint density at radius 3 is 2.53 bits per heavy atom. The zero-order valence-electron chi connectivity index (χ0n) is 8.63. The van der Waals surface area contributed by atoms with Crippen LogP contribution in [0.3, 0.4) is 0 Å². The third-order valence-electron chi connectivity index (χ3n) is 2.59. The lowest BCUT2D eigenvalue weighted by molar-refractivity contribution is 1.66. The van der Waals surface area contributed by atoms with Crippen molar-refractivity contribution in [1.29, 1.82) is 0 Å². The average molecular weight is 233 g/mol. The third-order valence-corrected chi connectivity index (χ3v) is 4.69. The minimum absolute atomic E-state index is 0.949. The van der Waals surface area contributed by atoms with Gasteiger partial charge in [-0.05, 0) is 37.4 Å². The molecule has 0 atom stereocenters. The van der Waals surface area contributed by atoms with Crippen molar-refractivity contribution in [2.24, 2.45) is 0 Å². The van der Waals surface area contributed by atoms with E-state index < -0.39 is 0 Å². The fourth-order valence-corrected chi connectivity index (χ4v) is 3.92. The van der Waals surface area contributed by atoms with Crippen LogP contribution in [-0.4, -0.2) is 0 Å². The molecule has 1 aromatic carbocycles. The molecule has 0 amide bonds. The Kier molecular flexibility index (Phi) is 1.82. The molecule has 0 saturated heterocycles. The van der Waals surface area contributed by atoms with Crippen molar-refractivity contribution in [2.75, 3.05) is 5.73 Å².